The number of esters is 1. The highest BCUT2D eigenvalue weighted by Gasteiger charge is 2.28. The Bertz CT molecular complexity index is 361. The predicted molar refractivity (Wildman–Crippen MR) is 86.4 cm³/mol. The number of hydrogen-bond acceptors (Lipinski definition) is 3. The quantitative estimate of drug-likeness (QED) is 0.491. The molecule has 0 aliphatic carbocycles. The van der Waals surface area contributed by atoms with Gasteiger partial charge in [-0.1, -0.05) is 20.8 Å². The standard InChI is InChI=1S/C16H31N3O2/c1-6-21-14(20)13-8-7-11-19(12-13)15(17-5)18-10-9-16(2,3)4/h13H,6-12H2,1-5H3,(H,17,18). The zero-order valence-electron chi connectivity index (χ0n) is 14.2. The minimum absolute atomic E-state index is 0.0279. The van der Waals surface area contributed by atoms with Gasteiger partial charge in [-0.3, -0.25) is 9.79 Å². The van der Waals surface area contributed by atoms with E-state index in [1.807, 2.05) is 6.92 Å². The summed E-state index contributed by atoms with van der Waals surface area (Å²) in [6.07, 6.45) is 3.00. The Balaban J connectivity index is 2.51. The highest BCUT2D eigenvalue weighted by molar-refractivity contribution is 5.81. The lowest BCUT2D eigenvalue weighted by Crippen LogP contribution is -2.48. The summed E-state index contributed by atoms with van der Waals surface area (Å²) in [4.78, 5) is 18.4. The maximum atomic E-state index is 11.9. The second kappa shape index (κ2) is 8.25. The number of carbonyl (C=O) groups excluding carboxylic acids is 1. The molecule has 1 heterocycles. The maximum absolute atomic E-state index is 11.9. The molecule has 1 aliphatic heterocycles. The molecular formula is C16H31N3O2. The molecule has 0 bridgehead atoms. The van der Waals surface area contributed by atoms with E-state index in [-0.39, 0.29) is 11.9 Å². The van der Waals surface area contributed by atoms with Gasteiger partial charge in [-0.15, -0.1) is 0 Å². The zero-order valence-corrected chi connectivity index (χ0v) is 14.2. The summed E-state index contributed by atoms with van der Waals surface area (Å²) < 4.78 is 5.14. The zero-order chi connectivity index (χ0) is 15.9. The van der Waals surface area contributed by atoms with Crippen LogP contribution in [0.25, 0.3) is 0 Å². The van der Waals surface area contributed by atoms with Gasteiger partial charge < -0.3 is 15.0 Å². The molecule has 0 amide bonds. The van der Waals surface area contributed by atoms with Crippen molar-refractivity contribution in [1.29, 1.82) is 0 Å². The summed E-state index contributed by atoms with van der Waals surface area (Å²) in [5.41, 5.74) is 0.307. The fourth-order valence-corrected chi connectivity index (χ4v) is 2.50. The van der Waals surface area contributed by atoms with Crippen molar-refractivity contribution in [3.63, 3.8) is 0 Å². The van der Waals surface area contributed by atoms with Crippen LogP contribution in [0.15, 0.2) is 4.99 Å². The molecular weight excluding hydrogens is 266 g/mol. The lowest BCUT2D eigenvalue weighted by molar-refractivity contribution is -0.149. The molecule has 0 aromatic rings. The van der Waals surface area contributed by atoms with Crippen LogP contribution in [0.3, 0.4) is 0 Å². The molecule has 0 radical (unpaired) electrons. The van der Waals surface area contributed by atoms with Gasteiger partial charge in [-0.25, -0.2) is 0 Å². The molecule has 5 nitrogen and oxygen atoms in total. The Morgan fingerprint density at radius 3 is 2.71 bits per heavy atom. The van der Waals surface area contributed by atoms with E-state index in [9.17, 15) is 4.79 Å². The van der Waals surface area contributed by atoms with E-state index < -0.39 is 0 Å². The number of carbonyl (C=O) groups is 1. The second-order valence-corrected chi connectivity index (χ2v) is 6.82. The Morgan fingerprint density at radius 1 is 1.43 bits per heavy atom. The molecule has 21 heavy (non-hydrogen) atoms. The number of guanidine groups is 1. The number of nitrogens with zero attached hydrogens (tertiary/aromatic N) is 2. The van der Waals surface area contributed by atoms with Crippen LogP contribution in [-0.4, -0.2) is 50.1 Å². The van der Waals surface area contributed by atoms with Crippen molar-refractivity contribution in [3.05, 3.63) is 0 Å². The van der Waals surface area contributed by atoms with E-state index in [1.165, 1.54) is 0 Å². The third-order valence-electron chi connectivity index (χ3n) is 3.71. The minimum atomic E-state index is -0.0765. The average molecular weight is 297 g/mol. The van der Waals surface area contributed by atoms with E-state index in [2.05, 4.69) is 36.0 Å². The highest BCUT2D eigenvalue weighted by atomic mass is 16.5. The average Bonchev–Trinajstić information content (AvgIpc) is 2.43. The number of piperidine rings is 1. The van der Waals surface area contributed by atoms with Gasteiger partial charge in [-0.05, 0) is 31.6 Å². The normalized spacial score (nSPS) is 20.3. The Hall–Kier alpha value is -1.26. The summed E-state index contributed by atoms with van der Waals surface area (Å²) in [6, 6.07) is 0. The van der Waals surface area contributed by atoms with E-state index in [0.29, 0.717) is 18.6 Å². The lowest BCUT2D eigenvalue weighted by atomic mass is 9.92. The summed E-state index contributed by atoms with van der Waals surface area (Å²) in [5.74, 6) is 0.792. The maximum Gasteiger partial charge on any atom is 0.310 e. The predicted octanol–water partition coefficient (Wildman–Crippen LogP) is 2.27. The van der Waals surface area contributed by atoms with Crippen LogP contribution in [0.2, 0.25) is 0 Å². The van der Waals surface area contributed by atoms with Crippen LogP contribution in [-0.2, 0) is 9.53 Å². The van der Waals surface area contributed by atoms with Crippen LogP contribution in [0.4, 0.5) is 0 Å². The third kappa shape index (κ3) is 6.36. The van der Waals surface area contributed by atoms with Crippen molar-refractivity contribution >= 4 is 11.9 Å². The Labute approximate surface area is 129 Å². The van der Waals surface area contributed by atoms with Crippen LogP contribution < -0.4 is 5.32 Å². The first-order chi connectivity index (χ1) is 9.87. The highest BCUT2D eigenvalue weighted by Crippen LogP contribution is 2.19. The molecule has 0 spiro atoms. The Kier molecular flexibility index (Phi) is 6.99. The topological polar surface area (TPSA) is 53.9 Å². The van der Waals surface area contributed by atoms with E-state index in [4.69, 9.17) is 4.74 Å². The molecule has 0 aromatic heterocycles. The van der Waals surface area contributed by atoms with Gasteiger partial charge in [0.2, 0.25) is 0 Å². The first-order valence-electron chi connectivity index (χ1n) is 7.99. The minimum Gasteiger partial charge on any atom is -0.466 e. The summed E-state index contributed by atoms with van der Waals surface area (Å²) in [7, 11) is 1.80. The van der Waals surface area contributed by atoms with Crippen molar-refractivity contribution in [1.82, 2.24) is 10.2 Å². The number of aliphatic imine (C=N–C) groups is 1. The molecule has 1 unspecified atom stereocenters. The molecule has 0 aromatic carbocycles. The van der Waals surface area contributed by atoms with E-state index >= 15 is 0 Å². The van der Waals surface area contributed by atoms with Crippen molar-refractivity contribution in [2.45, 2.75) is 47.0 Å². The molecule has 1 fully saturated rings. The summed E-state index contributed by atoms with van der Waals surface area (Å²) in [6.45, 7) is 11.6. The van der Waals surface area contributed by atoms with Crippen LogP contribution in [0.1, 0.15) is 47.0 Å². The molecule has 1 aliphatic rings. The van der Waals surface area contributed by atoms with Crippen molar-refractivity contribution in [2.75, 3.05) is 33.3 Å². The monoisotopic (exact) mass is 297 g/mol. The first kappa shape index (κ1) is 17.8. The summed E-state index contributed by atoms with van der Waals surface area (Å²) in [5, 5.41) is 3.41. The van der Waals surface area contributed by atoms with Gasteiger partial charge >= 0.3 is 5.97 Å². The Morgan fingerprint density at radius 2 is 2.14 bits per heavy atom. The molecule has 122 valence electrons. The number of hydrogen-bond donors (Lipinski definition) is 1. The number of nitrogens with one attached hydrogen (secondary N) is 1. The van der Waals surface area contributed by atoms with Gasteiger partial charge in [0.1, 0.15) is 0 Å². The lowest BCUT2D eigenvalue weighted by Gasteiger charge is -2.34. The van der Waals surface area contributed by atoms with Gasteiger partial charge in [0.15, 0.2) is 5.96 Å². The first-order valence-corrected chi connectivity index (χ1v) is 7.99. The summed E-state index contributed by atoms with van der Waals surface area (Å²) >= 11 is 0. The van der Waals surface area contributed by atoms with Gasteiger partial charge in [-0.2, -0.15) is 0 Å². The molecule has 1 rings (SSSR count). The van der Waals surface area contributed by atoms with Gasteiger partial charge in [0.05, 0.1) is 12.5 Å². The van der Waals surface area contributed by atoms with Gasteiger partial charge in [0, 0.05) is 26.7 Å². The van der Waals surface area contributed by atoms with Crippen LogP contribution in [0.5, 0.6) is 0 Å². The van der Waals surface area contributed by atoms with Crippen LogP contribution in [0, 0.1) is 11.3 Å². The second-order valence-electron chi connectivity index (χ2n) is 6.82. The molecule has 1 N–H and O–H groups in total. The van der Waals surface area contributed by atoms with E-state index in [0.717, 1.165) is 38.3 Å². The largest absolute Gasteiger partial charge is 0.466 e. The number of rotatable bonds is 4. The van der Waals surface area contributed by atoms with E-state index in [1.54, 1.807) is 7.05 Å². The molecule has 0 saturated carbocycles. The molecule has 1 saturated heterocycles. The fraction of sp³-hybridized carbons (Fsp3) is 0.875. The van der Waals surface area contributed by atoms with Crippen LogP contribution >= 0.6 is 0 Å². The van der Waals surface area contributed by atoms with Gasteiger partial charge in [0.25, 0.3) is 0 Å². The number of likely N-dealkylation sites (tertiary alicyclic amines) is 1. The van der Waals surface area contributed by atoms with Crippen molar-refractivity contribution in [2.24, 2.45) is 16.3 Å². The molecule has 5 heteroatoms. The van der Waals surface area contributed by atoms with Crippen molar-refractivity contribution < 1.29 is 9.53 Å². The SMILES string of the molecule is CCOC(=O)C1CCCN(C(=NC)NCCC(C)(C)C)C1. The van der Waals surface area contributed by atoms with Crippen molar-refractivity contribution in [3.8, 4) is 0 Å². The fourth-order valence-electron chi connectivity index (χ4n) is 2.50. The third-order valence-corrected chi connectivity index (χ3v) is 3.71. The molecule has 1 atom stereocenters. The number of ether oxygens (including phenoxy) is 1. The smallest absolute Gasteiger partial charge is 0.310 e.